The maximum absolute atomic E-state index is 10.8. The first-order chi connectivity index (χ1) is 4.90. The number of hydrogen-bond acceptors (Lipinski definition) is 4. The summed E-state index contributed by atoms with van der Waals surface area (Å²) in [5.41, 5.74) is 0. The monoisotopic (exact) mass is 202 g/mol. The molecule has 0 saturated carbocycles. The molecule has 0 bridgehead atoms. The maximum Gasteiger partial charge on any atom is 0.270 e. The first kappa shape index (κ1) is 11.0. The molecule has 0 aliphatic rings. The van der Waals surface area contributed by atoms with Crippen LogP contribution < -0.4 is 0 Å². The fourth-order valence-corrected chi connectivity index (χ4v) is 2.19. The molecule has 0 aromatic carbocycles. The van der Waals surface area contributed by atoms with E-state index < -0.39 is 26.4 Å². The minimum absolute atomic E-state index is 0.323. The Labute approximate surface area is 68.2 Å². The van der Waals surface area contributed by atoms with Crippen molar-refractivity contribution in [3.63, 3.8) is 0 Å². The van der Waals surface area contributed by atoms with Crippen LogP contribution >= 0.6 is 0 Å². The van der Waals surface area contributed by atoms with Crippen molar-refractivity contribution < 1.29 is 21.4 Å². The van der Waals surface area contributed by atoms with E-state index in [9.17, 15) is 12.6 Å². The van der Waals surface area contributed by atoms with E-state index >= 15 is 0 Å². The molecule has 0 fully saturated rings. The highest BCUT2D eigenvalue weighted by Gasteiger charge is 2.21. The predicted octanol–water partition coefficient (Wildman–Crippen LogP) is -0.427. The van der Waals surface area contributed by atoms with Crippen LogP contribution in [-0.4, -0.2) is 35.3 Å². The summed E-state index contributed by atoms with van der Waals surface area (Å²) in [5.74, 6) is -0.323. The Morgan fingerprint density at radius 3 is 2.36 bits per heavy atom. The topological polar surface area (TPSA) is 80.7 Å². The van der Waals surface area contributed by atoms with Gasteiger partial charge in [0.2, 0.25) is 0 Å². The lowest BCUT2D eigenvalue weighted by molar-refractivity contribution is 0.391. The quantitative estimate of drug-likeness (QED) is 0.494. The van der Waals surface area contributed by atoms with Crippen molar-refractivity contribution >= 4 is 21.2 Å². The molecule has 11 heavy (non-hydrogen) atoms. The molecule has 0 aliphatic carbocycles. The third-order valence-corrected chi connectivity index (χ3v) is 3.72. The first-order valence-corrected chi connectivity index (χ1v) is 5.51. The molecule has 0 radical (unpaired) electrons. The van der Waals surface area contributed by atoms with Crippen LogP contribution in [0.5, 0.6) is 0 Å². The van der Waals surface area contributed by atoms with E-state index in [1.165, 1.54) is 6.92 Å². The third-order valence-electron chi connectivity index (χ3n) is 1.10. The van der Waals surface area contributed by atoms with Gasteiger partial charge in [-0.25, -0.2) is 4.21 Å². The van der Waals surface area contributed by atoms with Crippen LogP contribution in [0.2, 0.25) is 0 Å². The highest BCUT2D eigenvalue weighted by atomic mass is 32.2. The van der Waals surface area contributed by atoms with Gasteiger partial charge in [0.05, 0.1) is 18.1 Å². The molecule has 0 amide bonds. The fraction of sp³-hybridized carbons (Fsp3) is 1.00. The fourth-order valence-electron chi connectivity index (χ4n) is 0.448. The molecule has 0 spiro atoms. The summed E-state index contributed by atoms with van der Waals surface area (Å²) in [4.78, 5) is 0. The molecule has 0 aromatic rings. The Kier molecular flexibility index (Phi) is 4.16. The van der Waals surface area contributed by atoms with Gasteiger partial charge in [0.15, 0.2) is 11.1 Å². The van der Waals surface area contributed by atoms with Crippen LogP contribution in [0, 0.1) is 0 Å². The highest BCUT2D eigenvalue weighted by Crippen LogP contribution is 2.02. The van der Waals surface area contributed by atoms with E-state index in [1.807, 2.05) is 0 Å². The molecule has 2 unspecified atom stereocenters. The molecule has 68 valence electrons. The second kappa shape index (κ2) is 4.15. The van der Waals surface area contributed by atoms with Gasteiger partial charge in [-0.05, 0) is 6.92 Å². The average molecular weight is 202 g/mol. The van der Waals surface area contributed by atoms with Gasteiger partial charge in [-0.3, -0.25) is 4.18 Å². The lowest BCUT2D eigenvalue weighted by Crippen LogP contribution is -2.24. The van der Waals surface area contributed by atoms with E-state index in [0.717, 1.165) is 7.11 Å². The second-order valence-corrected chi connectivity index (χ2v) is 5.06. The van der Waals surface area contributed by atoms with E-state index in [4.69, 9.17) is 4.55 Å². The summed E-state index contributed by atoms with van der Waals surface area (Å²) >= 11 is -2.10. The Balaban J connectivity index is 4.26. The zero-order valence-corrected chi connectivity index (χ0v) is 7.81. The molecule has 7 heteroatoms. The van der Waals surface area contributed by atoms with Gasteiger partial charge in [0, 0.05) is 0 Å². The summed E-state index contributed by atoms with van der Waals surface area (Å²) in [7, 11) is -2.63. The molecule has 0 saturated heterocycles. The van der Waals surface area contributed by atoms with Crippen molar-refractivity contribution in [2.75, 3.05) is 12.9 Å². The molecule has 0 aromatic heterocycles. The summed E-state index contributed by atoms with van der Waals surface area (Å²) in [6.45, 7) is 1.31. The van der Waals surface area contributed by atoms with Gasteiger partial charge in [-0.15, -0.1) is 0 Å². The Morgan fingerprint density at radius 1 is 1.64 bits per heavy atom. The summed E-state index contributed by atoms with van der Waals surface area (Å²) in [6, 6.07) is 0. The summed E-state index contributed by atoms with van der Waals surface area (Å²) < 4.78 is 44.2. The minimum Gasteiger partial charge on any atom is -0.306 e. The standard InChI is InChI=1S/C4H10O5S2/c1-4(3-10(5)6)11(7,8)9-2/h4H,3H2,1-2H3,(H,5,6). The van der Waals surface area contributed by atoms with Gasteiger partial charge in [0.1, 0.15) is 0 Å². The molecule has 0 rings (SSSR count). The first-order valence-electron chi connectivity index (χ1n) is 2.77. The summed E-state index contributed by atoms with van der Waals surface area (Å²) in [6.07, 6.45) is 0. The number of hydrogen-bond donors (Lipinski definition) is 1. The van der Waals surface area contributed by atoms with Crippen molar-refractivity contribution in [3.8, 4) is 0 Å². The van der Waals surface area contributed by atoms with Gasteiger partial charge < -0.3 is 4.55 Å². The van der Waals surface area contributed by atoms with Crippen LogP contribution in [0.4, 0.5) is 0 Å². The summed E-state index contributed by atoms with van der Waals surface area (Å²) in [5, 5.41) is -0.946. The van der Waals surface area contributed by atoms with Crippen molar-refractivity contribution in [3.05, 3.63) is 0 Å². The van der Waals surface area contributed by atoms with Crippen molar-refractivity contribution in [2.45, 2.75) is 12.2 Å². The Morgan fingerprint density at radius 2 is 2.09 bits per heavy atom. The van der Waals surface area contributed by atoms with E-state index in [1.54, 1.807) is 0 Å². The zero-order chi connectivity index (χ0) is 9.07. The molecular formula is C4H10O5S2. The van der Waals surface area contributed by atoms with E-state index in [2.05, 4.69) is 4.18 Å². The van der Waals surface area contributed by atoms with Crippen LogP contribution in [0.1, 0.15) is 6.92 Å². The van der Waals surface area contributed by atoms with Crippen molar-refractivity contribution in [2.24, 2.45) is 0 Å². The second-order valence-electron chi connectivity index (χ2n) is 1.96. The molecule has 1 N–H and O–H groups in total. The van der Waals surface area contributed by atoms with Crippen molar-refractivity contribution in [1.29, 1.82) is 0 Å². The molecule has 0 aliphatic heterocycles. The smallest absolute Gasteiger partial charge is 0.270 e. The normalized spacial score (nSPS) is 17.7. The SMILES string of the molecule is COS(=O)(=O)C(C)CS(=O)O. The molecule has 2 atom stereocenters. The van der Waals surface area contributed by atoms with Crippen LogP contribution in [0.15, 0.2) is 0 Å². The predicted molar refractivity (Wildman–Crippen MR) is 41.0 cm³/mol. The Hall–Kier alpha value is 0.0200. The lowest BCUT2D eigenvalue weighted by Gasteiger charge is -2.06. The largest absolute Gasteiger partial charge is 0.306 e. The Bertz CT molecular complexity index is 231. The van der Waals surface area contributed by atoms with E-state index in [-0.39, 0.29) is 5.75 Å². The molecule has 0 heterocycles. The van der Waals surface area contributed by atoms with Crippen molar-refractivity contribution in [1.82, 2.24) is 0 Å². The van der Waals surface area contributed by atoms with Gasteiger partial charge in [-0.2, -0.15) is 8.42 Å². The number of rotatable bonds is 4. The van der Waals surface area contributed by atoms with Crippen LogP contribution in [-0.2, 0) is 25.4 Å². The highest BCUT2D eigenvalue weighted by molar-refractivity contribution is 7.88. The van der Waals surface area contributed by atoms with Crippen LogP contribution in [0.3, 0.4) is 0 Å². The lowest BCUT2D eigenvalue weighted by atomic mass is 10.6. The maximum atomic E-state index is 10.8. The van der Waals surface area contributed by atoms with Gasteiger partial charge >= 0.3 is 0 Å². The van der Waals surface area contributed by atoms with Gasteiger partial charge in [0.25, 0.3) is 10.1 Å². The van der Waals surface area contributed by atoms with Gasteiger partial charge in [-0.1, -0.05) is 0 Å². The third kappa shape index (κ3) is 3.80. The molecular weight excluding hydrogens is 192 g/mol. The zero-order valence-electron chi connectivity index (χ0n) is 6.18. The average Bonchev–Trinajstić information content (AvgIpc) is 1.86. The van der Waals surface area contributed by atoms with E-state index in [0.29, 0.717) is 0 Å². The molecule has 5 nitrogen and oxygen atoms in total. The van der Waals surface area contributed by atoms with Crippen LogP contribution in [0.25, 0.3) is 0 Å². The minimum atomic E-state index is -3.65.